The summed E-state index contributed by atoms with van der Waals surface area (Å²) in [5.41, 5.74) is 9.74. The van der Waals surface area contributed by atoms with Crippen LogP contribution in [-0.4, -0.2) is 55.3 Å². The molecule has 0 heterocycles. The molecule has 0 rings (SSSR count). The van der Waals surface area contributed by atoms with Crippen molar-refractivity contribution in [2.75, 3.05) is 0 Å². The van der Waals surface area contributed by atoms with Gasteiger partial charge in [0.1, 0.15) is 0 Å². The van der Waals surface area contributed by atoms with Gasteiger partial charge in [-0.25, -0.2) is 0 Å². The molecule has 0 aliphatic rings. The number of carbonyl (C=O) groups is 4. The van der Waals surface area contributed by atoms with Crippen molar-refractivity contribution in [1.82, 2.24) is 0 Å². The molecule has 1 radical (unpaired) electrons. The average Bonchev–Trinajstić information content (AvgIpc) is 2.12. The van der Waals surface area contributed by atoms with Crippen LogP contribution in [0.5, 0.6) is 0 Å². The van der Waals surface area contributed by atoms with Crippen LogP contribution < -0.4 is 11.5 Å². The van der Waals surface area contributed by atoms with Crippen molar-refractivity contribution in [2.24, 2.45) is 11.5 Å². The number of carboxylic acids is 4. The van der Waals surface area contributed by atoms with Gasteiger partial charge in [0.25, 0.3) is 23.9 Å². The number of aliphatic carboxylic acids is 4. The van der Waals surface area contributed by atoms with Gasteiger partial charge in [0, 0.05) is 34.1 Å². The Kier molecular flexibility index (Phi) is 41.1. The molecule has 0 saturated carbocycles. The summed E-state index contributed by atoms with van der Waals surface area (Å²) in [6.45, 7) is 6.04. The van der Waals surface area contributed by atoms with Gasteiger partial charge in [-0.15, -0.1) is 0 Å². The molecule has 0 aromatic heterocycles. The maximum atomic E-state index is 9.00. The largest absolute Gasteiger partial charge is 3.00 e. The SMILES string of the molecule is CC(=O)O.CC(=O)O.CC(=O)O.CC(=O)O.CCC(N)(N)O.[Fe+3]. The fourth-order valence-electron chi connectivity index (χ4n) is 0. The maximum absolute atomic E-state index is 9.00. The average molecular weight is 386 g/mol. The fourth-order valence-corrected chi connectivity index (χ4v) is 0. The summed E-state index contributed by atoms with van der Waals surface area (Å²) in [6, 6.07) is 0. The zero-order valence-electron chi connectivity index (χ0n) is 13.6. The molecule has 12 heteroatoms. The third-order valence-electron chi connectivity index (χ3n) is 0.566. The standard InChI is InChI=1S/C3H10N2O.4C2H4O2.Fe/c1-2-3(4,5)6;4*1-2(3)4;/h6H,2,4-5H2,1H3;4*1H3,(H,3,4);/q;;;;;+3. The summed E-state index contributed by atoms with van der Waals surface area (Å²) >= 11 is 0. The maximum Gasteiger partial charge on any atom is 3.00 e. The van der Waals surface area contributed by atoms with Crippen LogP contribution in [0.4, 0.5) is 0 Å². The van der Waals surface area contributed by atoms with Crippen LogP contribution in [0.2, 0.25) is 0 Å². The Morgan fingerprint density at radius 2 is 0.783 bits per heavy atom. The summed E-state index contributed by atoms with van der Waals surface area (Å²) in [6.07, 6.45) is 0.382. The van der Waals surface area contributed by atoms with Gasteiger partial charge < -0.3 is 25.5 Å². The van der Waals surface area contributed by atoms with Crippen LogP contribution in [0.25, 0.3) is 0 Å². The van der Waals surface area contributed by atoms with Crippen molar-refractivity contribution in [3.8, 4) is 0 Å². The van der Waals surface area contributed by atoms with Gasteiger partial charge in [-0.1, -0.05) is 6.92 Å². The van der Waals surface area contributed by atoms with Crippen molar-refractivity contribution in [2.45, 2.75) is 46.9 Å². The minimum absolute atomic E-state index is 0. The number of rotatable bonds is 1. The first-order valence-electron chi connectivity index (χ1n) is 5.57. The van der Waals surface area contributed by atoms with Gasteiger partial charge in [0.2, 0.25) is 0 Å². The van der Waals surface area contributed by atoms with Gasteiger partial charge in [-0.05, 0) is 0 Å². The summed E-state index contributed by atoms with van der Waals surface area (Å²) in [5, 5.41) is 38.0. The van der Waals surface area contributed by atoms with Gasteiger partial charge >= 0.3 is 17.1 Å². The van der Waals surface area contributed by atoms with E-state index < -0.39 is 29.7 Å². The van der Waals surface area contributed by atoms with Crippen molar-refractivity contribution >= 4 is 23.9 Å². The molecule has 0 saturated heterocycles. The molecule has 0 aliphatic carbocycles. The van der Waals surface area contributed by atoms with E-state index >= 15 is 0 Å². The minimum atomic E-state index is -1.46. The quantitative estimate of drug-likeness (QED) is 0.221. The molecule has 139 valence electrons. The summed E-state index contributed by atoms with van der Waals surface area (Å²) in [7, 11) is 0. The zero-order valence-corrected chi connectivity index (χ0v) is 14.7. The van der Waals surface area contributed by atoms with E-state index in [4.69, 9.17) is 56.2 Å². The second-order valence-electron chi connectivity index (χ2n) is 3.42. The molecule has 9 N–H and O–H groups in total. The van der Waals surface area contributed by atoms with E-state index in [2.05, 4.69) is 0 Å². The van der Waals surface area contributed by atoms with Crippen molar-refractivity contribution in [3.63, 3.8) is 0 Å². The minimum Gasteiger partial charge on any atom is -0.481 e. The number of carboxylic acid groups (broad SMARTS) is 4. The van der Waals surface area contributed by atoms with Crippen LogP contribution in [0.1, 0.15) is 41.0 Å². The van der Waals surface area contributed by atoms with Crippen LogP contribution >= 0.6 is 0 Å². The third-order valence-corrected chi connectivity index (χ3v) is 0.566. The fraction of sp³-hybridized carbons (Fsp3) is 0.636. The number of aliphatic hydroxyl groups is 1. The summed E-state index contributed by atoms with van der Waals surface area (Å²) < 4.78 is 0. The van der Waals surface area contributed by atoms with E-state index in [0.717, 1.165) is 27.7 Å². The first-order chi connectivity index (χ1) is 9.49. The molecule has 0 bridgehead atoms. The molecule has 0 aromatic rings. The molecule has 0 unspecified atom stereocenters. The Morgan fingerprint density at radius 1 is 0.739 bits per heavy atom. The van der Waals surface area contributed by atoms with Crippen LogP contribution in [0.3, 0.4) is 0 Å². The van der Waals surface area contributed by atoms with Crippen LogP contribution in [0, 0.1) is 0 Å². The zero-order chi connectivity index (χ0) is 19.5. The predicted molar refractivity (Wildman–Crippen MR) is 76.9 cm³/mol. The Hall–Kier alpha value is -1.72. The van der Waals surface area contributed by atoms with E-state index in [1.165, 1.54) is 0 Å². The molecule has 0 aliphatic heterocycles. The predicted octanol–water partition coefficient (Wildman–Crippen LogP) is -0.679. The van der Waals surface area contributed by atoms with Crippen molar-refractivity contribution in [1.29, 1.82) is 0 Å². The van der Waals surface area contributed by atoms with Gasteiger partial charge in [0.05, 0.1) is 0 Å². The Morgan fingerprint density at radius 3 is 0.783 bits per heavy atom. The Balaban J connectivity index is -0.0000000393. The Bertz CT molecular complexity index is 253. The van der Waals surface area contributed by atoms with Crippen LogP contribution in [-0.2, 0) is 36.2 Å². The number of hydrogen-bond acceptors (Lipinski definition) is 7. The smallest absolute Gasteiger partial charge is 0.481 e. The van der Waals surface area contributed by atoms with Gasteiger partial charge in [-0.3, -0.25) is 30.6 Å². The molecule has 23 heavy (non-hydrogen) atoms. The second kappa shape index (κ2) is 25.2. The summed E-state index contributed by atoms with van der Waals surface area (Å²) in [4.78, 5) is 36.0. The van der Waals surface area contributed by atoms with Crippen molar-refractivity contribution in [3.05, 3.63) is 0 Å². The monoisotopic (exact) mass is 386 g/mol. The molecule has 0 amide bonds. The van der Waals surface area contributed by atoms with E-state index in [1.54, 1.807) is 6.92 Å². The molecular formula is C11H26FeN2O9+3. The Labute approximate surface area is 144 Å². The number of hydrogen-bond donors (Lipinski definition) is 7. The number of nitrogens with two attached hydrogens (primary N) is 2. The molecule has 0 spiro atoms. The first kappa shape index (κ1) is 37.5. The second-order valence-corrected chi connectivity index (χ2v) is 3.42. The topological polar surface area (TPSA) is 221 Å². The van der Waals surface area contributed by atoms with Gasteiger partial charge in [-0.2, -0.15) is 0 Å². The van der Waals surface area contributed by atoms with E-state index in [9.17, 15) is 0 Å². The van der Waals surface area contributed by atoms with Crippen molar-refractivity contribution < 1.29 is 61.8 Å². The molecule has 0 aromatic carbocycles. The van der Waals surface area contributed by atoms with Crippen LogP contribution in [0.15, 0.2) is 0 Å². The molecule has 0 atom stereocenters. The van der Waals surface area contributed by atoms with E-state index in [0.29, 0.717) is 6.42 Å². The van der Waals surface area contributed by atoms with Gasteiger partial charge in [0.15, 0.2) is 5.85 Å². The van der Waals surface area contributed by atoms with E-state index in [-0.39, 0.29) is 17.1 Å². The third kappa shape index (κ3) is 4140. The normalized spacial score (nSPS) is 7.48. The molecule has 0 fully saturated rings. The first-order valence-corrected chi connectivity index (χ1v) is 5.57. The van der Waals surface area contributed by atoms with E-state index in [1.807, 2.05) is 0 Å². The molecular weight excluding hydrogens is 360 g/mol. The summed E-state index contributed by atoms with van der Waals surface area (Å²) in [5.74, 6) is -4.79. The molecule has 11 nitrogen and oxygen atoms in total.